The summed E-state index contributed by atoms with van der Waals surface area (Å²) in [6.45, 7) is 0.0843. The molecule has 6 heteroatoms. The zero-order valence-corrected chi connectivity index (χ0v) is 12.6. The average molecular weight is 358 g/mol. The number of rotatable bonds is 4. The summed E-state index contributed by atoms with van der Waals surface area (Å²) in [5.41, 5.74) is 6.24. The second-order valence-electron chi connectivity index (χ2n) is 4.08. The first-order chi connectivity index (χ1) is 9.47. The minimum atomic E-state index is -0.334. The van der Waals surface area contributed by atoms with E-state index in [1.807, 2.05) is 0 Å². The second-order valence-corrected chi connectivity index (χ2v) is 5.40. The third-order valence-electron chi connectivity index (χ3n) is 2.63. The maximum Gasteiger partial charge on any atom is 0.129 e. The number of hydrogen-bond acceptors (Lipinski definition) is 2. The van der Waals surface area contributed by atoms with Crippen molar-refractivity contribution < 1.29 is 9.13 Å². The molecule has 0 heterocycles. The van der Waals surface area contributed by atoms with Crippen LogP contribution in [0.15, 0.2) is 40.9 Å². The van der Waals surface area contributed by atoms with Gasteiger partial charge in [0.15, 0.2) is 0 Å². The van der Waals surface area contributed by atoms with Crippen LogP contribution in [0.1, 0.15) is 11.1 Å². The van der Waals surface area contributed by atoms with Crippen molar-refractivity contribution >= 4 is 33.4 Å². The molecule has 0 fully saturated rings. The molecule has 3 N–H and O–H groups in total. The van der Waals surface area contributed by atoms with Gasteiger partial charge in [-0.2, -0.15) is 0 Å². The van der Waals surface area contributed by atoms with E-state index >= 15 is 0 Å². The van der Waals surface area contributed by atoms with Crippen LogP contribution in [0.3, 0.4) is 0 Å². The summed E-state index contributed by atoms with van der Waals surface area (Å²) in [4.78, 5) is 0. The summed E-state index contributed by atoms with van der Waals surface area (Å²) in [7, 11) is 0. The lowest BCUT2D eigenvalue weighted by atomic mass is 10.2. The first kappa shape index (κ1) is 14.8. The molecular weight excluding hydrogens is 347 g/mol. The number of nitrogens with one attached hydrogen (secondary N) is 1. The van der Waals surface area contributed by atoms with Gasteiger partial charge in [0.2, 0.25) is 0 Å². The van der Waals surface area contributed by atoms with E-state index in [1.165, 1.54) is 6.07 Å². The van der Waals surface area contributed by atoms with Crippen molar-refractivity contribution in [1.82, 2.24) is 0 Å². The maximum atomic E-state index is 13.6. The van der Waals surface area contributed by atoms with Crippen molar-refractivity contribution in [2.75, 3.05) is 0 Å². The van der Waals surface area contributed by atoms with Crippen LogP contribution in [0.4, 0.5) is 4.39 Å². The lowest BCUT2D eigenvalue weighted by Crippen LogP contribution is -2.11. The monoisotopic (exact) mass is 356 g/mol. The Morgan fingerprint density at radius 2 is 2.05 bits per heavy atom. The minimum Gasteiger partial charge on any atom is -0.489 e. The van der Waals surface area contributed by atoms with Gasteiger partial charge in [-0.15, -0.1) is 0 Å². The van der Waals surface area contributed by atoms with E-state index in [9.17, 15) is 4.39 Å². The number of ether oxygens (including phenoxy) is 1. The first-order valence-corrected chi connectivity index (χ1v) is 6.85. The number of halogens is 3. The number of benzene rings is 2. The zero-order chi connectivity index (χ0) is 14.7. The van der Waals surface area contributed by atoms with Crippen LogP contribution in [0.2, 0.25) is 5.02 Å². The summed E-state index contributed by atoms with van der Waals surface area (Å²) in [5, 5.41) is 7.66. The van der Waals surface area contributed by atoms with Crippen molar-refractivity contribution in [3.05, 3.63) is 62.8 Å². The van der Waals surface area contributed by atoms with Gasteiger partial charge in [0, 0.05) is 15.6 Å². The molecule has 0 aliphatic rings. The second kappa shape index (κ2) is 6.24. The van der Waals surface area contributed by atoms with Crippen molar-refractivity contribution in [1.29, 1.82) is 5.41 Å². The van der Waals surface area contributed by atoms with E-state index in [1.54, 1.807) is 30.3 Å². The van der Waals surface area contributed by atoms with Gasteiger partial charge in [-0.25, -0.2) is 4.39 Å². The predicted molar refractivity (Wildman–Crippen MR) is 80.9 cm³/mol. The molecular formula is C14H11BrClFN2O. The standard InChI is InChI=1S/C14H11BrClFN2O/c15-9-1-4-13(17)8(5-9)7-20-10-2-3-11(14(18)19)12(16)6-10/h1-6H,7H2,(H3,18,19). The van der Waals surface area contributed by atoms with Crippen LogP contribution in [-0.4, -0.2) is 5.84 Å². The van der Waals surface area contributed by atoms with Crippen molar-refractivity contribution in [2.45, 2.75) is 6.61 Å². The zero-order valence-electron chi connectivity index (χ0n) is 10.3. The Hall–Kier alpha value is -1.59. The van der Waals surface area contributed by atoms with Gasteiger partial charge in [-0.05, 0) is 36.4 Å². The predicted octanol–water partition coefficient (Wildman–Crippen LogP) is 4.10. The van der Waals surface area contributed by atoms with Gasteiger partial charge in [-0.1, -0.05) is 27.5 Å². The van der Waals surface area contributed by atoms with Crippen molar-refractivity contribution in [2.24, 2.45) is 5.73 Å². The molecule has 2 aromatic rings. The highest BCUT2D eigenvalue weighted by Gasteiger charge is 2.07. The summed E-state index contributed by atoms with van der Waals surface area (Å²) in [6, 6.07) is 9.43. The van der Waals surface area contributed by atoms with Crippen LogP contribution in [-0.2, 0) is 6.61 Å². The normalized spacial score (nSPS) is 10.3. The van der Waals surface area contributed by atoms with E-state index in [4.69, 9.17) is 27.5 Å². The van der Waals surface area contributed by atoms with Crippen LogP contribution < -0.4 is 10.5 Å². The van der Waals surface area contributed by atoms with Gasteiger partial charge in [0.05, 0.1) is 5.02 Å². The van der Waals surface area contributed by atoms with Gasteiger partial charge in [0.25, 0.3) is 0 Å². The van der Waals surface area contributed by atoms with Crippen LogP contribution in [0.5, 0.6) is 5.75 Å². The van der Waals surface area contributed by atoms with Gasteiger partial charge >= 0.3 is 0 Å². The quantitative estimate of drug-likeness (QED) is 0.639. The Bertz CT molecular complexity index is 664. The molecule has 0 bridgehead atoms. The van der Waals surface area contributed by atoms with Gasteiger partial charge in [-0.3, -0.25) is 5.41 Å². The first-order valence-electron chi connectivity index (χ1n) is 5.68. The van der Waals surface area contributed by atoms with Gasteiger partial charge < -0.3 is 10.5 Å². The molecule has 0 saturated heterocycles. The largest absolute Gasteiger partial charge is 0.489 e. The van der Waals surface area contributed by atoms with Crippen molar-refractivity contribution in [3.8, 4) is 5.75 Å². The van der Waals surface area contributed by atoms with Crippen LogP contribution in [0, 0.1) is 11.2 Å². The Kier molecular flexibility index (Phi) is 4.62. The topological polar surface area (TPSA) is 59.1 Å². The molecule has 0 unspecified atom stereocenters. The fourth-order valence-corrected chi connectivity index (χ4v) is 2.30. The Balaban J connectivity index is 2.13. The van der Waals surface area contributed by atoms with E-state index in [-0.39, 0.29) is 18.3 Å². The Morgan fingerprint density at radius 1 is 1.30 bits per heavy atom. The number of nitrogens with two attached hydrogens (primary N) is 1. The SMILES string of the molecule is N=C(N)c1ccc(OCc2cc(Br)ccc2F)cc1Cl. The summed E-state index contributed by atoms with van der Waals surface area (Å²) in [6.07, 6.45) is 0. The number of nitrogen functional groups attached to an aromatic ring is 1. The third-order valence-corrected chi connectivity index (χ3v) is 3.44. The molecule has 0 aliphatic heterocycles. The molecule has 0 aromatic heterocycles. The third kappa shape index (κ3) is 3.49. The molecule has 0 spiro atoms. The Labute approximate surface area is 129 Å². The molecule has 2 rings (SSSR count). The lowest BCUT2D eigenvalue weighted by Gasteiger charge is -2.09. The van der Waals surface area contributed by atoms with Gasteiger partial charge in [0.1, 0.15) is 24.0 Å². The fraction of sp³-hybridized carbons (Fsp3) is 0.0714. The molecule has 2 aromatic carbocycles. The molecule has 3 nitrogen and oxygen atoms in total. The van der Waals surface area contributed by atoms with E-state index in [0.717, 1.165) is 4.47 Å². The highest BCUT2D eigenvalue weighted by Crippen LogP contribution is 2.24. The highest BCUT2D eigenvalue weighted by atomic mass is 79.9. The summed E-state index contributed by atoms with van der Waals surface area (Å²) < 4.78 is 19.8. The average Bonchev–Trinajstić information content (AvgIpc) is 2.39. The van der Waals surface area contributed by atoms with Crippen LogP contribution in [0.25, 0.3) is 0 Å². The molecule has 0 radical (unpaired) electrons. The van der Waals surface area contributed by atoms with Crippen LogP contribution >= 0.6 is 27.5 Å². The van der Waals surface area contributed by atoms with E-state index in [2.05, 4.69) is 15.9 Å². The minimum absolute atomic E-state index is 0.0843. The molecule has 0 atom stereocenters. The summed E-state index contributed by atoms with van der Waals surface area (Å²) in [5.74, 6) is 0.0404. The number of amidine groups is 1. The maximum absolute atomic E-state index is 13.6. The Morgan fingerprint density at radius 3 is 2.70 bits per heavy atom. The lowest BCUT2D eigenvalue weighted by molar-refractivity contribution is 0.300. The molecule has 20 heavy (non-hydrogen) atoms. The molecule has 0 aliphatic carbocycles. The number of hydrogen-bond donors (Lipinski definition) is 2. The molecule has 0 amide bonds. The van der Waals surface area contributed by atoms with E-state index in [0.29, 0.717) is 21.9 Å². The van der Waals surface area contributed by atoms with E-state index < -0.39 is 0 Å². The molecule has 0 saturated carbocycles. The smallest absolute Gasteiger partial charge is 0.129 e. The van der Waals surface area contributed by atoms with Crippen molar-refractivity contribution in [3.63, 3.8) is 0 Å². The molecule has 104 valence electrons. The highest BCUT2D eigenvalue weighted by molar-refractivity contribution is 9.10. The summed E-state index contributed by atoms with van der Waals surface area (Å²) >= 11 is 9.26. The fourth-order valence-electron chi connectivity index (χ4n) is 1.62.